The van der Waals surface area contributed by atoms with E-state index < -0.39 is 15.8 Å². The number of aromatic nitrogens is 1. The summed E-state index contributed by atoms with van der Waals surface area (Å²) in [6, 6.07) is 15.0. The summed E-state index contributed by atoms with van der Waals surface area (Å²) in [6.07, 6.45) is 1.92. The quantitative estimate of drug-likeness (QED) is 0.429. The number of anilines is 1. The largest absolute Gasteiger partial charge is 0.344 e. The molecule has 0 atom stereocenters. The number of rotatable bonds is 5. The minimum atomic E-state index is -3.65. The summed E-state index contributed by atoms with van der Waals surface area (Å²) >= 11 is 1.15. The highest BCUT2D eigenvalue weighted by Crippen LogP contribution is 2.35. The Labute approximate surface area is 178 Å². The average molecular weight is 440 g/mol. The number of hydrogen-bond donors (Lipinski definition) is 1. The molecular weight excluding hydrogens is 421 g/mol. The number of benzene rings is 2. The molecular formula is C22H18FN3O2S2. The van der Waals surface area contributed by atoms with Crippen molar-refractivity contribution in [3.8, 4) is 17.2 Å². The predicted molar refractivity (Wildman–Crippen MR) is 118 cm³/mol. The van der Waals surface area contributed by atoms with Crippen molar-refractivity contribution < 1.29 is 12.8 Å². The van der Waals surface area contributed by atoms with Gasteiger partial charge in [-0.25, -0.2) is 12.8 Å². The second-order valence-electron chi connectivity index (χ2n) is 7.12. The number of nitrogens with zero attached hydrogens (tertiary/aromatic N) is 2. The standard InChI is InChI=1S/C22H18FN3O2S2/c1-14(2)26-13-19(15-5-6-16(12-24)20(23)10-15)18-8-7-17(11-21(18)26)25-30(27,28)22-4-3-9-29-22/h3-11,13-14,25H,1-2H3. The highest BCUT2D eigenvalue weighted by atomic mass is 32.2. The van der Waals surface area contributed by atoms with E-state index in [-0.39, 0.29) is 15.8 Å². The topological polar surface area (TPSA) is 74.9 Å². The second-order valence-corrected chi connectivity index (χ2v) is 9.98. The molecule has 0 saturated heterocycles. The van der Waals surface area contributed by atoms with Crippen LogP contribution in [0.15, 0.2) is 64.3 Å². The van der Waals surface area contributed by atoms with Crippen molar-refractivity contribution in [3.63, 3.8) is 0 Å². The number of halogens is 1. The monoisotopic (exact) mass is 439 g/mol. The molecule has 2 aromatic carbocycles. The molecule has 1 N–H and O–H groups in total. The Kier molecular flexibility index (Phi) is 5.10. The fourth-order valence-electron chi connectivity index (χ4n) is 3.37. The molecule has 0 amide bonds. The predicted octanol–water partition coefficient (Wildman–Crippen LogP) is 5.76. The van der Waals surface area contributed by atoms with Crippen LogP contribution in [0.1, 0.15) is 25.5 Å². The van der Waals surface area contributed by atoms with Crippen molar-refractivity contribution in [2.45, 2.75) is 24.1 Å². The number of hydrogen-bond acceptors (Lipinski definition) is 4. The Bertz CT molecular complexity index is 1380. The van der Waals surface area contributed by atoms with Crippen molar-refractivity contribution in [2.75, 3.05) is 4.72 Å². The molecule has 152 valence electrons. The molecule has 30 heavy (non-hydrogen) atoms. The lowest BCUT2D eigenvalue weighted by atomic mass is 10.0. The van der Waals surface area contributed by atoms with Crippen LogP contribution in [0.3, 0.4) is 0 Å². The van der Waals surface area contributed by atoms with Crippen LogP contribution in [0.2, 0.25) is 0 Å². The van der Waals surface area contributed by atoms with Gasteiger partial charge in [-0.15, -0.1) is 11.3 Å². The maximum atomic E-state index is 14.2. The van der Waals surface area contributed by atoms with Gasteiger partial charge in [0.15, 0.2) is 0 Å². The van der Waals surface area contributed by atoms with Crippen LogP contribution in [0.25, 0.3) is 22.0 Å². The van der Waals surface area contributed by atoms with Gasteiger partial charge in [-0.3, -0.25) is 4.72 Å². The van der Waals surface area contributed by atoms with Crippen molar-refractivity contribution >= 4 is 38.0 Å². The number of fused-ring (bicyclic) bond motifs is 1. The van der Waals surface area contributed by atoms with E-state index in [9.17, 15) is 12.8 Å². The molecule has 0 spiro atoms. The molecule has 0 saturated carbocycles. The summed E-state index contributed by atoms with van der Waals surface area (Å²) in [4.78, 5) is 0. The summed E-state index contributed by atoms with van der Waals surface area (Å²) in [7, 11) is -3.65. The Hall–Kier alpha value is -3.15. The fraction of sp³-hybridized carbons (Fsp3) is 0.136. The average Bonchev–Trinajstić information content (AvgIpc) is 3.36. The highest BCUT2D eigenvalue weighted by Gasteiger charge is 2.18. The third-order valence-corrected chi connectivity index (χ3v) is 7.58. The number of nitrogens with one attached hydrogen (secondary N) is 1. The van der Waals surface area contributed by atoms with Crippen LogP contribution in [-0.4, -0.2) is 13.0 Å². The van der Waals surface area contributed by atoms with Gasteiger partial charge in [-0.05, 0) is 55.1 Å². The van der Waals surface area contributed by atoms with Crippen LogP contribution in [0, 0.1) is 17.1 Å². The van der Waals surface area contributed by atoms with E-state index in [1.807, 2.05) is 36.7 Å². The van der Waals surface area contributed by atoms with E-state index in [0.717, 1.165) is 27.8 Å². The maximum Gasteiger partial charge on any atom is 0.271 e. The second kappa shape index (κ2) is 7.59. The third-order valence-electron chi connectivity index (χ3n) is 4.80. The van der Waals surface area contributed by atoms with Crippen LogP contribution in [0.4, 0.5) is 10.1 Å². The number of sulfonamides is 1. The number of thiophene rings is 1. The van der Waals surface area contributed by atoms with E-state index in [0.29, 0.717) is 11.3 Å². The zero-order chi connectivity index (χ0) is 21.5. The van der Waals surface area contributed by atoms with Crippen LogP contribution < -0.4 is 4.72 Å². The van der Waals surface area contributed by atoms with E-state index >= 15 is 0 Å². The molecule has 8 heteroatoms. The van der Waals surface area contributed by atoms with Gasteiger partial charge in [-0.2, -0.15) is 5.26 Å². The lowest BCUT2D eigenvalue weighted by Crippen LogP contribution is -2.11. The summed E-state index contributed by atoms with van der Waals surface area (Å²) in [5, 5.41) is 11.6. The normalized spacial score (nSPS) is 11.7. The summed E-state index contributed by atoms with van der Waals surface area (Å²) in [5.41, 5.74) is 2.75. The number of nitriles is 1. The fourth-order valence-corrected chi connectivity index (χ4v) is 5.41. The van der Waals surface area contributed by atoms with Crippen LogP contribution in [-0.2, 0) is 10.0 Å². The van der Waals surface area contributed by atoms with Gasteiger partial charge in [0.1, 0.15) is 16.1 Å². The summed E-state index contributed by atoms with van der Waals surface area (Å²) in [5.74, 6) is -0.569. The summed E-state index contributed by atoms with van der Waals surface area (Å²) < 4.78 is 44.2. The SMILES string of the molecule is CC(C)n1cc(-c2ccc(C#N)c(F)c2)c2ccc(NS(=O)(=O)c3cccs3)cc21. The summed E-state index contributed by atoms with van der Waals surface area (Å²) in [6.45, 7) is 4.04. The van der Waals surface area contributed by atoms with Gasteiger partial charge in [0.2, 0.25) is 0 Å². The van der Waals surface area contributed by atoms with Gasteiger partial charge < -0.3 is 4.57 Å². The van der Waals surface area contributed by atoms with Crippen molar-refractivity contribution in [1.82, 2.24) is 4.57 Å². The first kappa shape index (κ1) is 20.1. The van der Waals surface area contributed by atoms with Gasteiger partial charge in [0, 0.05) is 23.2 Å². The maximum absolute atomic E-state index is 14.2. The third kappa shape index (κ3) is 3.58. The smallest absolute Gasteiger partial charge is 0.271 e. The van der Waals surface area contributed by atoms with Gasteiger partial charge in [-0.1, -0.05) is 18.2 Å². The molecule has 0 fully saturated rings. The molecule has 0 aliphatic rings. The Morgan fingerprint density at radius 3 is 2.60 bits per heavy atom. The Balaban J connectivity index is 1.82. The first-order valence-corrected chi connectivity index (χ1v) is 11.6. The van der Waals surface area contributed by atoms with E-state index in [2.05, 4.69) is 4.72 Å². The Morgan fingerprint density at radius 1 is 1.17 bits per heavy atom. The van der Waals surface area contributed by atoms with E-state index in [4.69, 9.17) is 5.26 Å². The molecule has 4 aromatic rings. The van der Waals surface area contributed by atoms with Crippen molar-refractivity contribution in [1.29, 1.82) is 5.26 Å². The van der Waals surface area contributed by atoms with Crippen molar-refractivity contribution in [3.05, 3.63) is 71.5 Å². The molecule has 0 bridgehead atoms. The molecule has 2 aromatic heterocycles. The van der Waals surface area contributed by atoms with Gasteiger partial charge in [0.05, 0.1) is 16.8 Å². The zero-order valence-corrected chi connectivity index (χ0v) is 17.9. The molecule has 5 nitrogen and oxygen atoms in total. The van der Waals surface area contributed by atoms with Crippen LogP contribution in [0.5, 0.6) is 0 Å². The lowest BCUT2D eigenvalue weighted by molar-refractivity contribution is 0.603. The molecule has 0 radical (unpaired) electrons. The van der Waals surface area contributed by atoms with E-state index in [1.54, 1.807) is 35.7 Å². The molecule has 0 aliphatic carbocycles. The molecule has 4 rings (SSSR count). The molecule has 2 heterocycles. The van der Waals surface area contributed by atoms with Gasteiger partial charge in [0.25, 0.3) is 10.0 Å². The lowest BCUT2D eigenvalue weighted by Gasteiger charge is -2.11. The van der Waals surface area contributed by atoms with Crippen molar-refractivity contribution in [2.24, 2.45) is 0 Å². The minimum Gasteiger partial charge on any atom is -0.344 e. The first-order valence-electron chi connectivity index (χ1n) is 9.21. The zero-order valence-electron chi connectivity index (χ0n) is 16.3. The van der Waals surface area contributed by atoms with Gasteiger partial charge >= 0.3 is 0 Å². The molecule has 0 aliphatic heterocycles. The van der Waals surface area contributed by atoms with Crippen LogP contribution >= 0.6 is 11.3 Å². The minimum absolute atomic E-state index is 0.00313. The first-order chi connectivity index (χ1) is 14.3. The van der Waals surface area contributed by atoms with E-state index in [1.165, 1.54) is 12.1 Å². The Morgan fingerprint density at radius 2 is 1.97 bits per heavy atom. The highest BCUT2D eigenvalue weighted by molar-refractivity contribution is 7.94. The molecule has 0 unspecified atom stereocenters.